The van der Waals surface area contributed by atoms with Crippen molar-refractivity contribution in [3.8, 4) is 11.3 Å². The van der Waals surface area contributed by atoms with E-state index >= 15 is 0 Å². The summed E-state index contributed by atoms with van der Waals surface area (Å²) in [5.74, 6) is -2.21. The average Bonchev–Trinajstić information content (AvgIpc) is 2.80. The number of rotatable bonds is 7. The summed E-state index contributed by atoms with van der Waals surface area (Å²) < 4.78 is 77.7. The van der Waals surface area contributed by atoms with Crippen molar-refractivity contribution in [2.45, 2.75) is 37.9 Å². The Balaban J connectivity index is 1.84. The Hall–Kier alpha value is -3.31. The Morgan fingerprint density at radius 2 is 1.78 bits per heavy atom. The number of nitrogens with one attached hydrogen (secondary N) is 1. The van der Waals surface area contributed by atoms with Gasteiger partial charge in [-0.2, -0.15) is 13.2 Å². The number of carbonyl (C=O) groups excluding carboxylic acids is 1. The molecule has 1 amide bonds. The molecule has 0 spiro atoms. The first-order valence-electron chi connectivity index (χ1n) is 10.8. The molecule has 0 radical (unpaired) electrons. The van der Waals surface area contributed by atoms with Gasteiger partial charge in [0, 0.05) is 23.9 Å². The van der Waals surface area contributed by atoms with Crippen LogP contribution in [0.5, 0.6) is 0 Å². The third kappa shape index (κ3) is 6.08. The molecule has 0 fully saturated rings. The number of halogens is 4. The molecule has 1 aromatic heterocycles. The lowest BCUT2D eigenvalue weighted by molar-refractivity contribution is -0.141. The SMILES string of the molecule is Cc1ccccc1-c1nc(C(F)(F)F)ccc1CNC(=O)C(C)c1ccc(C(N)S(C)(=O)=O)c(F)c1. The van der Waals surface area contributed by atoms with Gasteiger partial charge in [-0.3, -0.25) is 4.79 Å². The molecule has 3 aromatic rings. The minimum Gasteiger partial charge on any atom is -0.351 e. The maximum absolute atomic E-state index is 14.5. The monoisotopic (exact) mass is 523 g/mol. The number of amides is 1. The van der Waals surface area contributed by atoms with Crippen molar-refractivity contribution in [3.63, 3.8) is 0 Å². The van der Waals surface area contributed by atoms with Gasteiger partial charge in [-0.05, 0) is 42.7 Å². The Morgan fingerprint density at radius 1 is 1.11 bits per heavy atom. The third-order valence-electron chi connectivity index (χ3n) is 5.81. The number of benzene rings is 2. The van der Waals surface area contributed by atoms with Gasteiger partial charge in [0.25, 0.3) is 0 Å². The lowest BCUT2D eigenvalue weighted by Crippen LogP contribution is -2.28. The summed E-state index contributed by atoms with van der Waals surface area (Å²) in [6, 6.07) is 12.6. The summed E-state index contributed by atoms with van der Waals surface area (Å²) >= 11 is 0. The van der Waals surface area contributed by atoms with Crippen molar-refractivity contribution in [2.24, 2.45) is 5.73 Å². The molecule has 2 atom stereocenters. The molecule has 0 aliphatic heterocycles. The highest BCUT2D eigenvalue weighted by Gasteiger charge is 2.33. The van der Waals surface area contributed by atoms with Gasteiger partial charge < -0.3 is 11.1 Å². The normalized spacial score (nSPS) is 13.8. The van der Waals surface area contributed by atoms with Gasteiger partial charge in [0.1, 0.15) is 16.9 Å². The van der Waals surface area contributed by atoms with Crippen LogP contribution in [0.1, 0.15) is 46.2 Å². The van der Waals surface area contributed by atoms with E-state index in [1.165, 1.54) is 25.1 Å². The van der Waals surface area contributed by atoms with Gasteiger partial charge >= 0.3 is 6.18 Å². The first-order chi connectivity index (χ1) is 16.7. The van der Waals surface area contributed by atoms with E-state index in [0.29, 0.717) is 16.7 Å². The van der Waals surface area contributed by atoms with E-state index in [-0.39, 0.29) is 23.4 Å². The fourth-order valence-corrected chi connectivity index (χ4v) is 4.27. The summed E-state index contributed by atoms with van der Waals surface area (Å²) in [6.45, 7) is 3.15. The molecule has 3 rings (SSSR count). The number of nitrogens with two attached hydrogens (primary N) is 1. The van der Waals surface area contributed by atoms with E-state index in [2.05, 4.69) is 10.3 Å². The summed E-state index contributed by atoms with van der Waals surface area (Å²) in [7, 11) is -3.73. The molecule has 0 aliphatic carbocycles. The maximum atomic E-state index is 14.5. The second-order valence-corrected chi connectivity index (χ2v) is 10.7. The summed E-state index contributed by atoms with van der Waals surface area (Å²) in [6.07, 6.45) is -3.74. The number of hydrogen-bond acceptors (Lipinski definition) is 5. The molecule has 0 aliphatic rings. The molecule has 3 N–H and O–H groups in total. The Morgan fingerprint density at radius 3 is 2.36 bits per heavy atom. The zero-order valence-electron chi connectivity index (χ0n) is 19.7. The molecule has 1 heterocycles. The number of carbonyl (C=O) groups is 1. The average molecular weight is 524 g/mol. The van der Waals surface area contributed by atoms with Crippen LogP contribution in [0.3, 0.4) is 0 Å². The van der Waals surface area contributed by atoms with Gasteiger partial charge in [0.15, 0.2) is 9.84 Å². The van der Waals surface area contributed by atoms with Crippen LogP contribution in [-0.4, -0.2) is 25.6 Å². The first-order valence-corrected chi connectivity index (χ1v) is 12.8. The fraction of sp³-hybridized carbons (Fsp3) is 0.280. The predicted molar refractivity (Wildman–Crippen MR) is 128 cm³/mol. The highest BCUT2D eigenvalue weighted by molar-refractivity contribution is 7.90. The molecule has 192 valence electrons. The molecular weight excluding hydrogens is 498 g/mol. The summed E-state index contributed by atoms with van der Waals surface area (Å²) in [4.78, 5) is 16.6. The molecule has 0 saturated carbocycles. The van der Waals surface area contributed by atoms with Crippen LogP contribution >= 0.6 is 0 Å². The Kier molecular flexibility index (Phi) is 7.85. The highest BCUT2D eigenvalue weighted by atomic mass is 32.2. The number of sulfone groups is 1. The van der Waals surface area contributed by atoms with E-state index in [9.17, 15) is 30.8 Å². The van der Waals surface area contributed by atoms with Crippen molar-refractivity contribution < 1.29 is 30.8 Å². The Bertz CT molecular complexity index is 1390. The third-order valence-corrected chi connectivity index (χ3v) is 6.98. The van der Waals surface area contributed by atoms with E-state index in [1.807, 2.05) is 0 Å². The molecular formula is C25H25F4N3O3S. The van der Waals surface area contributed by atoms with Crippen molar-refractivity contribution in [2.75, 3.05) is 6.26 Å². The van der Waals surface area contributed by atoms with Crippen LogP contribution in [-0.2, 0) is 27.4 Å². The number of aromatic nitrogens is 1. The van der Waals surface area contributed by atoms with Crippen molar-refractivity contribution in [1.82, 2.24) is 10.3 Å². The molecule has 2 aromatic carbocycles. The van der Waals surface area contributed by atoms with E-state index in [0.717, 1.165) is 18.4 Å². The lowest BCUT2D eigenvalue weighted by atomic mass is 9.97. The van der Waals surface area contributed by atoms with Crippen LogP contribution in [0.25, 0.3) is 11.3 Å². The smallest absolute Gasteiger partial charge is 0.351 e. The van der Waals surface area contributed by atoms with E-state index < -0.39 is 44.7 Å². The topological polar surface area (TPSA) is 102 Å². The molecule has 2 unspecified atom stereocenters. The van der Waals surface area contributed by atoms with Crippen LogP contribution in [0.2, 0.25) is 0 Å². The van der Waals surface area contributed by atoms with Crippen LogP contribution in [0, 0.1) is 12.7 Å². The zero-order chi connectivity index (χ0) is 26.8. The summed E-state index contributed by atoms with van der Waals surface area (Å²) in [5, 5.41) is 1.12. The van der Waals surface area contributed by atoms with Crippen molar-refractivity contribution >= 4 is 15.7 Å². The van der Waals surface area contributed by atoms with Gasteiger partial charge in [-0.15, -0.1) is 0 Å². The van der Waals surface area contributed by atoms with Crippen molar-refractivity contribution in [1.29, 1.82) is 0 Å². The van der Waals surface area contributed by atoms with Gasteiger partial charge in [0.2, 0.25) is 5.91 Å². The quantitative estimate of drug-likeness (QED) is 0.440. The second kappa shape index (κ2) is 10.4. The lowest BCUT2D eigenvalue weighted by Gasteiger charge is -2.17. The minimum atomic E-state index is -4.64. The minimum absolute atomic E-state index is 0.0982. The largest absolute Gasteiger partial charge is 0.433 e. The molecule has 0 saturated heterocycles. The second-order valence-electron chi connectivity index (χ2n) is 8.49. The standard InChI is InChI=1S/C25H25F4N3O3S/c1-14-6-4-5-7-18(14)22-17(9-11-21(32-22)25(27,28)29)13-31-24(33)15(2)16-8-10-19(20(26)12-16)23(30)36(3,34)35/h4-12,15,23H,13,30H2,1-3H3,(H,31,33). The number of aryl methyl sites for hydroxylation is 1. The highest BCUT2D eigenvalue weighted by Crippen LogP contribution is 2.32. The van der Waals surface area contributed by atoms with Crippen molar-refractivity contribution in [3.05, 3.63) is 88.4 Å². The Labute approximate surface area is 206 Å². The molecule has 0 bridgehead atoms. The van der Waals surface area contributed by atoms with Gasteiger partial charge in [-0.1, -0.05) is 42.5 Å². The molecule has 36 heavy (non-hydrogen) atoms. The molecule has 11 heteroatoms. The number of hydrogen-bond donors (Lipinski definition) is 2. The van der Waals surface area contributed by atoms with Crippen LogP contribution < -0.4 is 11.1 Å². The van der Waals surface area contributed by atoms with Gasteiger partial charge in [-0.25, -0.2) is 17.8 Å². The number of nitrogens with zero attached hydrogens (tertiary/aromatic N) is 1. The molecule has 6 nitrogen and oxygen atoms in total. The first kappa shape index (κ1) is 27.3. The van der Waals surface area contributed by atoms with E-state index in [4.69, 9.17) is 5.73 Å². The van der Waals surface area contributed by atoms with Crippen LogP contribution in [0.15, 0.2) is 54.6 Å². The fourth-order valence-electron chi connectivity index (χ4n) is 3.62. The maximum Gasteiger partial charge on any atom is 0.433 e. The number of pyridine rings is 1. The van der Waals surface area contributed by atoms with Crippen LogP contribution in [0.4, 0.5) is 17.6 Å². The number of alkyl halides is 3. The van der Waals surface area contributed by atoms with E-state index in [1.54, 1.807) is 31.2 Å². The van der Waals surface area contributed by atoms with Gasteiger partial charge in [0.05, 0.1) is 11.6 Å². The summed E-state index contributed by atoms with van der Waals surface area (Å²) in [5.41, 5.74) is 6.30. The predicted octanol–water partition coefficient (Wildman–Crippen LogP) is 4.64. The zero-order valence-corrected chi connectivity index (χ0v) is 20.5.